The molecule has 0 atom stereocenters. The van der Waals surface area contributed by atoms with E-state index in [1.165, 1.54) is 28.6 Å². The van der Waals surface area contributed by atoms with E-state index in [9.17, 15) is 4.79 Å². The number of hydrogen-bond acceptors (Lipinski definition) is 5. The van der Waals surface area contributed by atoms with Crippen LogP contribution < -0.4 is 16.7 Å². The second-order valence-corrected chi connectivity index (χ2v) is 6.37. The molecule has 0 spiro atoms. The topological polar surface area (TPSA) is 75.6 Å². The average Bonchev–Trinajstić information content (AvgIpc) is 3.06. The van der Waals surface area contributed by atoms with Gasteiger partial charge in [0.15, 0.2) is 0 Å². The Balaban J connectivity index is 0.000000505. The van der Waals surface area contributed by atoms with Gasteiger partial charge in [0, 0.05) is 24.5 Å². The molecule has 4 N–H and O–H groups in total. The fraction of sp³-hybridized carbons (Fsp3) is 0.278. The molecule has 0 saturated heterocycles. The molecule has 0 unspecified atom stereocenters. The normalized spacial score (nSPS) is 10.2. The Morgan fingerprint density at radius 3 is 2.29 bits per heavy atom. The summed E-state index contributed by atoms with van der Waals surface area (Å²) in [5, 5.41) is 4.75. The van der Waals surface area contributed by atoms with Crippen molar-refractivity contribution in [2.45, 2.75) is 20.3 Å². The van der Waals surface area contributed by atoms with Gasteiger partial charge in [-0.25, -0.2) is 11.7 Å². The van der Waals surface area contributed by atoms with E-state index in [0.717, 1.165) is 17.1 Å². The highest BCUT2D eigenvalue weighted by Gasteiger charge is 2.10. The Hall–Kier alpha value is -2.15. The zero-order valence-corrected chi connectivity index (χ0v) is 15.5. The first-order chi connectivity index (χ1) is 11.4. The molecule has 5 nitrogen and oxygen atoms in total. The van der Waals surface area contributed by atoms with Gasteiger partial charge in [-0.3, -0.25) is 9.80 Å². The van der Waals surface area contributed by atoms with Crippen LogP contribution in [0.1, 0.15) is 28.5 Å². The summed E-state index contributed by atoms with van der Waals surface area (Å²) < 4.78 is 0. The molecule has 2 rings (SSSR count). The van der Waals surface area contributed by atoms with Crippen molar-refractivity contribution in [1.29, 1.82) is 0 Å². The van der Waals surface area contributed by atoms with Crippen LogP contribution in [0.3, 0.4) is 0 Å². The van der Waals surface area contributed by atoms with E-state index in [1.807, 2.05) is 7.05 Å². The highest BCUT2D eigenvalue weighted by atomic mass is 32.1. The number of nitrogens with zero attached hydrogens (tertiary/aromatic N) is 2. The summed E-state index contributed by atoms with van der Waals surface area (Å²) in [6, 6.07) is 8.52. The number of hydrogen-bond donors (Lipinski definition) is 2. The first kappa shape index (κ1) is 19.9. The van der Waals surface area contributed by atoms with Gasteiger partial charge in [-0.05, 0) is 42.0 Å². The lowest BCUT2D eigenvalue weighted by Crippen LogP contribution is -2.27. The minimum absolute atomic E-state index is 0.528. The third-order valence-electron chi connectivity index (χ3n) is 3.37. The predicted octanol–water partition coefficient (Wildman–Crippen LogP) is 3.05. The summed E-state index contributed by atoms with van der Waals surface area (Å²) in [6.07, 6.45) is 5.87. The van der Waals surface area contributed by atoms with Crippen LogP contribution in [-0.2, 0) is 11.2 Å². The van der Waals surface area contributed by atoms with Crippen LogP contribution in [0.25, 0.3) is 12.2 Å². The second kappa shape index (κ2) is 9.87. The minimum Gasteiger partial charge on any atom is -0.313 e. The number of rotatable bonds is 5. The lowest BCUT2D eigenvalue weighted by Gasteiger charge is -2.20. The van der Waals surface area contributed by atoms with Crippen molar-refractivity contribution < 1.29 is 4.79 Å². The molecule has 1 amide bonds. The Morgan fingerprint density at radius 1 is 1.17 bits per heavy atom. The molecule has 0 saturated carbocycles. The molecular formula is C18H26N4OS. The number of carbonyl (C=O) groups is 1. The van der Waals surface area contributed by atoms with Crippen molar-refractivity contribution >= 4 is 35.6 Å². The van der Waals surface area contributed by atoms with E-state index < -0.39 is 0 Å². The lowest BCUT2D eigenvalue weighted by atomic mass is 9.98. The molecule has 0 aliphatic carbocycles. The quantitative estimate of drug-likeness (QED) is 0.378. The first-order valence-corrected chi connectivity index (χ1v) is 8.54. The van der Waals surface area contributed by atoms with Crippen molar-refractivity contribution in [1.82, 2.24) is 5.01 Å². The molecule has 130 valence electrons. The van der Waals surface area contributed by atoms with Crippen LogP contribution >= 0.6 is 11.3 Å². The van der Waals surface area contributed by atoms with Gasteiger partial charge in [0.1, 0.15) is 0 Å². The van der Waals surface area contributed by atoms with E-state index in [2.05, 4.69) is 55.6 Å². The van der Waals surface area contributed by atoms with Crippen LogP contribution in [-0.4, -0.2) is 25.5 Å². The largest absolute Gasteiger partial charge is 0.313 e. The number of carbonyl (C=O) groups excluding carboxylic acids is 1. The molecule has 0 fully saturated rings. The fourth-order valence-electron chi connectivity index (χ4n) is 2.27. The van der Waals surface area contributed by atoms with Gasteiger partial charge in [0.25, 0.3) is 0 Å². The zero-order chi connectivity index (χ0) is 18.1. The maximum absolute atomic E-state index is 9.31. The van der Waals surface area contributed by atoms with Gasteiger partial charge in [-0.15, -0.1) is 11.3 Å². The Morgan fingerprint density at radius 2 is 1.83 bits per heavy atom. The van der Waals surface area contributed by atoms with Crippen molar-refractivity contribution in [3.05, 3.63) is 51.2 Å². The number of thiophene rings is 1. The molecule has 6 heteroatoms. The smallest absolute Gasteiger partial charge is 0.223 e. The SMILES string of the molecule is CCc1ccc(C)c(N(C)N)c1/C=C/c1cccs1.CN(N)C=O. The summed E-state index contributed by atoms with van der Waals surface area (Å²) in [7, 11) is 3.36. The number of nitrogens with two attached hydrogens (primary N) is 2. The van der Waals surface area contributed by atoms with E-state index in [-0.39, 0.29) is 0 Å². The predicted molar refractivity (Wildman–Crippen MR) is 104 cm³/mol. The van der Waals surface area contributed by atoms with E-state index in [0.29, 0.717) is 6.41 Å². The van der Waals surface area contributed by atoms with Crippen LogP contribution in [0.15, 0.2) is 29.6 Å². The van der Waals surface area contributed by atoms with Gasteiger partial charge < -0.3 is 5.01 Å². The Labute approximate surface area is 148 Å². The van der Waals surface area contributed by atoms with Gasteiger partial charge >= 0.3 is 0 Å². The molecule has 0 aliphatic rings. The lowest BCUT2D eigenvalue weighted by molar-refractivity contribution is -0.117. The highest BCUT2D eigenvalue weighted by Crippen LogP contribution is 2.29. The van der Waals surface area contributed by atoms with Gasteiger partial charge in [-0.2, -0.15) is 0 Å². The second-order valence-electron chi connectivity index (χ2n) is 5.39. The molecule has 1 aromatic heterocycles. The Bertz CT molecular complexity index is 664. The summed E-state index contributed by atoms with van der Waals surface area (Å²) in [5.74, 6) is 10.7. The number of benzene rings is 1. The van der Waals surface area contributed by atoms with Crippen molar-refractivity contribution in [2.24, 2.45) is 11.7 Å². The highest BCUT2D eigenvalue weighted by molar-refractivity contribution is 7.10. The molecule has 0 bridgehead atoms. The average molecular weight is 347 g/mol. The number of anilines is 1. The third-order valence-corrected chi connectivity index (χ3v) is 4.20. The van der Waals surface area contributed by atoms with Crippen LogP contribution in [0.4, 0.5) is 5.69 Å². The zero-order valence-electron chi connectivity index (χ0n) is 14.7. The van der Waals surface area contributed by atoms with Crippen molar-refractivity contribution in [3.63, 3.8) is 0 Å². The number of aryl methyl sites for hydroxylation is 2. The molecule has 2 aromatic rings. The molecular weight excluding hydrogens is 320 g/mol. The molecule has 24 heavy (non-hydrogen) atoms. The monoisotopic (exact) mass is 346 g/mol. The fourth-order valence-corrected chi connectivity index (χ4v) is 2.89. The summed E-state index contributed by atoms with van der Waals surface area (Å²) >= 11 is 1.74. The molecule has 1 heterocycles. The maximum atomic E-state index is 9.31. The van der Waals surface area contributed by atoms with E-state index in [1.54, 1.807) is 16.3 Å². The van der Waals surface area contributed by atoms with Gasteiger partial charge in [-0.1, -0.05) is 31.2 Å². The maximum Gasteiger partial charge on any atom is 0.223 e. The molecule has 0 radical (unpaired) electrons. The molecule has 1 aromatic carbocycles. The van der Waals surface area contributed by atoms with Crippen LogP contribution in [0, 0.1) is 6.92 Å². The molecule has 0 aliphatic heterocycles. The van der Waals surface area contributed by atoms with Crippen molar-refractivity contribution in [3.8, 4) is 0 Å². The standard InChI is InChI=1S/C16H20N2S.C2H6N2O/c1-4-13-8-7-12(2)16(18(3)17)15(13)10-9-14-6-5-11-19-14;1-4(3)2-5/h5-11H,4,17H2,1-3H3;2H,3H2,1H3/b10-9+;. The summed E-state index contributed by atoms with van der Waals surface area (Å²) in [5.41, 5.74) is 4.85. The van der Waals surface area contributed by atoms with Crippen molar-refractivity contribution in [2.75, 3.05) is 19.1 Å². The van der Waals surface area contributed by atoms with Gasteiger partial charge in [0.2, 0.25) is 6.41 Å². The first-order valence-electron chi connectivity index (χ1n) is 7.66. The van der Waals surface area contributed by atoms with Crippen LogP contribution in [0.2, 0.25) is 0 Å². The number of amides is 1. The summed E-state index contributed by atoms with van der Waals surface area (Å²) in [6.45, 7) is 4.27. The Kier molecular flexibility index (Phi) is 8.18. The third kappa shape index (κ3) is 5.81. The number of hydrazine groups is 2. The van der Waals surface area contributed by atoms with Crippen LogP contribution in [0.5, 0.6) is 0 Å². The summed E-state index contributed by atoms with van der Waals surface area (Å²) in [4.78, 5) is 10.6. The minimum atomic E-state index is 0.528. The van der Waals surface area contributed by atoms with E-state index in [4.69, 9.17) is 11.7 Å². The van der Waals surface area contributed by atoms with E-state index >= 15 is 0 Å². The van der Waals surface area contributed by atoms with Gasteiger partial charge in [0.05, 0.1) is 5.69 Å².